The van der Waals surface area contributed by atoms with Gasteiger partial charge in [0.15, 0.2) is 0 Å². The zero-order chi connectivity index (χ0) is 59.8. The summed E-state index contributed by atoms with van der Waals surface area (Å²) in [6.07, 6.45) is 23.4. The molecule has 3 aromatic heterocycles. The molecule has 2 aliphatic rings. The summed E-state index contributed by atoms with van der Waals surface area (Å²) in [5, 5.41) is 39.4. The lowest BCUT2D eigenvalue weighted by Crippen LogP contribution is -2.03. The summed E-state index contributed by atoms with van der Waals surface area (Å²) in [6, 6.07) is 17.0. The second-order valence-electron chi connectivity index (χ2n) is 23.3. The molecule has 12 nitrogen and oxygen atoms in total. The maximum Gasteiger partial charge on any atom is 0.123 e. The zero-order valence-corrected chi connectivity index (χ0v) is 52.6. The third kappa shape index (κ3) is 17.2. The van der Waals surface area contributed by atoms with E-state index in [0.29, 0.717) is 75.1 Å². The summed E-state index contributed by atoms with van der Waals surface area (Å²) in [5.74, 6) is 2.57. The first kappa shape index (κ1) is 65.6. The first-order chi connectivity index (χ1) is 41.0. The molecule has 458 valence electrons. The van der Waals surface area contributed by atoms with Crippen LogP contribution in [0.1, 0.15) is 228 Å². The van der Waals surface area contributed by atoms with Crippen LogP contribution in [0.5, 0.6) is 23.0 Å². The quantitative estimate of drug-likeness (QED) is 0.0209. The largest absolute Gasteiger partial charge is 0.493 e. The Labute approximate surface area is 502 Å². The Hall–Kier alpha value is -5.92. The Morgan fingerprint density at radius 3 is 0.976 bits per heavy atom. The summed E-state index contributed by atoms with van der Waals surface area (Å²) in [5.41, 5.74) is 21.3. The molecule has 2 aromatic carbocycles. The van der Waals surface area contributed by atoms with Crippen molar-refractivity contribution in [3.05, 3.63) is 93.6 Å². The van der Waals surface area contributed by atoms with Gasteiger partial charge in [-0.25, -0.2) is 9.97 Å². The Morgan fingerprint density at radius 2 is 0.679 bits per heavy atom. The molecule has 0 aliphatic carbocycles. The molecule has 0 atom stereocenters. The average Bonchev–Trinajstić information content (AvgIpc) is 2.86. The number of benzene rings is 2. The van der Waals surface area contributed by atoms with Crippen LogP contribution in [0, 0.1) is 13.8 Å². The molecule has 0 amide bonds. The van der Waals surface area contributed by atoms with Gasteiger partial charge < -0.3 is 49.3 Å². The summed E-state index contributed by atoms with van der Waals surface area (Å²) in [4.78, 5) is 20.1. The van der Waals surface area contributed by atoms with Gasteiger partial charge in [0.25, 0.3) is 0 Å². The van der Waals surface area contributed by atoms with Crippen LogP contribution in [-0.4, -0.2) is 93.2 Å². The van der Waals surface area contributed by atoms with Gasteiger partial charge in [-0.3, -0.25) is 0 Å². The molecule has 8 bridgehead atoms. The number of aromatic nitrogens is 4. The smallest absolute Gasteiger partial charge is 0.123 e. The topological polar surface area (TPSA) is 175 Å². The van der Waals surface area contributed by atoms with E-state index < -0.39 is 0 Å². The van der Waals surface area contributed by atoms with E-state index >= 15 is 0 Å². The average molecular weight is 1150 g/mol. The number of fused-ring (bicyclic) bond motifs is 8. The van der Waals surface area contributed by atoms with Crippen LogP contribution < -0.4 is 18.9 Å². The highest BCUT2D eigenvalue weighted by Gasteiger charge is 2.28. The third-order valence-electron chi connectivity index (χ3n) is 16.8. The molecule has 0 saturated carbocycles. The molecular weight excluding hydrogens is 1050 g/mol. The minimum absolute atomic E-state index is 0.0213. The molecule has 2 aliphatic heterocycles. The normalized spacial score (nSPS) is 12.5. The van der Waals surface area contributed by atoms with Gasteiger partial charge in [0.2, 0.25) is 0 Å². The van der Waals surface area contributed by atoms with E-state index in [1.54, 1.807) is 0 Å². The van der Waals surface area contributed by atoms with Crippen molar-refractivity contribution < 1.29 is 39.4 Å². The van der Waals surface area contributed by atoms with Crippen molar-refractivity contribution in [1.82, 2.24) is 19.9 Å². The fourth-order valence-corrected chi connectivity index (χ4v) is 12.0. The van der Waals surface area contributed by atoms with Crippen LogP contribution in [0.2, 0.25) is 0 Å². The highest BCUT2D eigenvalue weighted by molar-refractivity contribution is 6.03. The van der Waals surface area contributed by atoms with Crippen LogP contribution in [0.15, 0.2) is 48.5 Å². The second kappa shape index (κ2) is 34.3. The highest BCUT2D eigenvalue weighted by Crippen LogP contribution is 2.46. The maximum absolute atomic E-state index is 9.85. The number of allylic oxidation sites excluding steroid dienone is 4. The number of hydrogen-bond acceptors (Lipinski definition) is 10. The molecule has 12 heteroatoms. The lowest BCUT2D eigenvalue weighted by Gasteiger charge is -2.14. The van der Waals surface area contributed by atoms with Crippen molar-refractivity contribution in [1.29, 1.82) is 0 Å². The standard InChI is InChI=1S/C72H102N4O8/c1-9-13-17-21-29-59-49(5)69-67(53-41-55(81-37-25-33-77)45-56(42-53)82-38-26-34-78)70-51(7)61(31-23-19-15-11-3)65(75-70)48-66-62(32-24-20-16-12-4)52(8)72(76-66)68(54-43-57(83-39-27-35-79)46-58(44-54)84-40-28-36-80)71-50(6)60(30-22-18-14-10-2)64(74-71)47-63(59)73-69/h41-48,73,76-80H,9-40H2,1-8H3. The van der Waals surface area contributed by atoms with E-state index in [0.717, 1.165) is 181 Å². The zero-order valence-electron chi connectivity index (χ0n) is 52.6. The number of aliphatic hydroxyl groups is 4. The van der Waals surface area contributed by atoms with Gasteiger partial charge in [-0.15, -0.1) is 0 Å². The van der Waals surface area contributed by atoms with Crippen LogP contribution in [0.3, 0.4) is 0 Å². The number of hydrogen-bond donors (Lipinski definition) is 6. The molecule has 0 fully saturated rings. The molecule has 5 aromatic rings. The molecule has 84 heavy (non-hydrogen) atoms. The third-order valence-corrected chi connectivity index (χ3v) is 16.8. The molecular formula is C72H102N4O8. The number of ether oxygens (including phenoxy) is 4. The van der Waals surface area contributed by atoms with Crippen molar-refractivity contribution in [2.75, 3.05) is 52.9 Å². The predicted molar refractivity (Wildman–Crippen MR) is 348 cm³/mol. The van der Waals surface area contributed by atoms with Crippen LogP contribution in [0.25, 0.3) is 66.6 Å². The Morgan fingerprint density at radius 1 is 0.369 bits per heavy atom. The van der Waals surface area contributed by atoms with Gasteiger partial charge >= 0.3 is 0 Å². The maximum atomic E-state index is 9.85. The molecule has 0 spiro atoms. The van der Waals surface area contributed by atoms with Crippen molar-refractivity contribution >= 4 is 44.4 Å². The van der Waals surface area contributed by atoms with E-state index in [1.807, 2.05) is 12.1 Å². The molecule has 7 rings (SSSR count). The van der Waals surface area contributed by atoms with Gasteiger partial charge in [0.05, 0.1) is 60.2 Å². The Balaban J connectivity index is 1.72. The lowest BCUT2D eigenvalue weighted by molar-refractivity contribution is 0.227. The first-order valence-corrected chi connectivity index (χ1v) is 32.5. The predicted octanol–water partition coefficient (Wildman–Crippen LogP) is 17.4. The van der Waals surface area contributed by atoms with Crippen molar-refractivity contribution in [3.63, 3.8) is 0 Å². The molecule has 0 saturated heterocycles. The minimum Gasteiger partial charge on any atom is -0.493 e. The first-order valence-electron chi connectivity index (χ1n) is 32.5. The number of nitrogens with zero attached hydrogens (tertiary/aromatic N) is 2. The minimum atomic E-state index is 0.0213. The Kier molecular flexibility index (Phi) is 26.8. The summed E-state index contributed by atoms with van der Waals surface area (Å²) in [7, 11) is 0. The van der Waals surface area contributed by atoms with Crippen molar-refractivity contribution in [3.8, 4) is 45.3 Å². The summed E-state index contributed by atoms with van der Waals surface area (Å²) in [6.45, 7) is 19.6. The number of nitrogens with one attached hydrogen (secondary N) is 2. The van der Waals surface area contributed by atoms with Gasteiger partial charge in [0, 0.05) is 86.4 Å². The van der Waals surface area contributed by atoms with Crippen molar-refractivity contribution in [2.45, 2.75) is 209 Å². The van der Waals surface area contributed by atoms with E-state index in [2.05, 4.69) is 102 Å². The SMILES string of the molecule is CCCCCCC1=C(C)c2nc1cc1[nH]c(c(C)c1CCCCCC)c(-c1cc(OCCCO)cc(OCCCO)c1)c1nc(cc3[nH]c(c(C)c3CCCCCC)c2-c2cc(OCCCO)cc(OCCCO)c2)C(CCCCCC)=C1C. The molecule has 0 radical (unpaired) electrons. The monoisotopic (exact) mass is 1150 g/mol. The second-order valence-corrected chi connectivity index (χ2v) is 23.3. The van der Waals surface area contributed by atoms with Crippen LogP contribution in [-0.2, 0) is 12.8 Å². The lowest BCUT2D eigenvalue weighted by atomic mass is 9.93. The van der Waals surface area contributed by atoms with Crippen LogP contribution >= 0.6 is 0 Å². The Bertz CT molecular complexity index is 2880. The number of H-pyrrole nitrogens is 2. The summed E-state index contributed by atoms with van der Waals surface area (Å²) < 4.78 is 25.7. The number of aromatic amines is 2. The van der Waals surface area contributed by atoms with E-state index in [-0.39, 0.29) is 26.4 Å². The molecule has 0 unspecified atom stereocenters. The fourth-order valence-electron chi connectivity index (χ4n) is 12.0. The summed E-state index contributed by atoms with van der Waals surface area (Å²) >= 11 is 0. The number of aryl methyl sites for hydroxylation is 4. The fraction of sp³-hybridized carbons (Fsp3) is 0.556. The van der Waals surface area contributed by atoms with E-state index in [9.17, 15) is 20.4 Å². The number of rotatable bonds is 38. The van der Waals surface area contributed by atoms with Gasteiger partial charge in [-0.05, 0) is 171 Å². The van der Waals surface area contributed by atoms with E-state index in [4.69, 9.17) is 28.9 Å². The van der Waals surface area contributed by atoms with Crippen LogP contribution in [0.4, 0.5) is 0 Å². The van der Waals surface area contributed by atoms with Gasteiger partial charge in [-0.2, -0.15) is 0 Å². The van der Waals surface area contributed by atoms with E-state index in [1.165, 1.54) is 59.1 Å². The molecule has 5 heterocycles. The highest BCUT2D eigenvalue weighted by atomic mass is 16.5. The van der Waals surface area contributed by atoms with Gasteiger partial charge in [0.1, 0.15) is 23.0 Å². The number of aliphatic hydroxyl groups excluding tert-OH is 4. The number of unbranched alkanes of at least 4 members (excludes halogenated alkanes) is 12. The molecule has 6 N–H and O–H groups in total. The van der Waals surface area contributed by atoms with Gasteiger partial charge in [-0.1, -0.05) is 105 Å². The van der Waals surface area contributed by atoms with Crippen molar-refractivity contribution in [2.24, 2.45) is 0 Å².